The van der Waals surface area contributed by atoms with E-state index >= 15 is 0 Å². The third kappa shape index (κ3) is 7.35. The summed E-state index contributed by atoms with van der Waals surface area (Å²) in [5.74, 6) is 0. The van der Waals surface area contributed by atoms with Crippen molar-refractivity contribution in [3.8, 4) is 0 Å². The van der Waals surface area contributed by atoms with Gasteiger partial charge in [-0.15, -0.1) is 0 Å². The molecule has 0 saturated carbocycles. The number of amides is 2. The van der Waals surface area contributed by atoms with Crippen LogP contribution in [0.3, 0.4) is 0 Å². The topological polar surface area (TPSA) is 83.1 Å². The number of nitrogens with zero attached hydrogens (tertiary/aromatic N) is 1. The van der Waals surface area contributed by atoms with Gasteiger partial charge in [0, 0.05) is 38.2 Å². The minimum atomic E-state index is -0.538. The number of benzene rings is 5. The van der Waals surface area contributed by atoms with Crippen molar-refractivity contribution in [2.24, 2.45) is 0 Å². The summed E-state index contributed by atoms with van der Waals surface area (Å²) in [6.45, 7) is 4.45. The fourth-order valence-corrected chi connectivity index (χ4v) is 6.19. The molecule has 1 heterocycles. The highest BCUT2D eigenvalue weighted by Crippen LogP contribution is 2.38. The number of carbonyl (C=O) groups is 1. The second-order valence-electron chi connectivity index (χ2n) is 11.8. The Morgan fingerprint density at radius 2 is 1.44 bits per heavy atom. The van der Waals surface area contributed by atoms with Crippen molar-refractivity contribution in [1.82, 2.24) is 15.5 Å². The molecule has 6 rings (SSSR count). The van der Waals surface area contributed by atoms with Crippen LogP contribution in [0.4, 0.5) is 4.79 Å². The molecule has 0 aliphatic carbocycles. The molecule has 0 bridgehead atoms. The van der Waals surface area contributed by atoms with Crippen molar-refractivity contribution in [2.45, 2.75) is 51.5 Å². The van der Waals surface area contributed by atoms with Gasteiger partial charge in [0.05, 0.1) is 18.8 Å². The second kappa shape index (κ2) is 14.2. The number of urea groups is 1. The SMILES string of the molecule is CCNC(=O)NCc1ccc(C2OC(CN(C)Cc3c4ccccc4cc4ccccc34)CC(c3ccc(CO)cc3)O2)cc1. The van der Waals surface area contributed by atoms with Crippen LogP contribution < -0.4 is 10.6 Å². The number of aliphatic hydroxyl groups excluding tert-OH is 1. The number of ether oxygens (including phenoxy) is 2. The van der Waals surface area contributed by atoms with Crippen LogP contribution in [0.1, 0.15) is 53.6 Å². The summed E-state index contributed by atoms with van der Waals surface area (Å²) >= 11 is 0. The zero-order valence-corrected chi connectivity index (χ0v) is 25.9. The zero-order chi connectivity index (χ0) is 31.2. The fraction of sp³-hybridized carbons (Fsp3) is 0.289. The zero-order valence-electron chi connectivity index (χ0n) is 25.9. The van der Waals surface area contributed by atoms with Gasteiger partial charge < -0.3 is 25.2 Å². The molecule has 232 valence electrons. The average molecular weight is 604 g/mol. The summed E-state index contributed by atoms with van der Waals surface area (Å²) in [5.41, 5.74) is 5.19. The number of aliphatic hydroxyl groups is 1. The quantitative estimate of drug-likeness (QED) is 0.150. The maximum Gasteiger partial charge on any atom is 0.315 e. The Balaban J connectivity index is 1.22. The molecule has 0 radical (unpaired) electrons. The van der Waals surface area contributed by atoms with Crippen LogP contribution in [-0.4, -0.2) is 42.3 Å². The molecular formula is C38H41N3O4. The van der Waals surface area contributed by atoms with E-state index in [0.717, 1.165) is 35.3 Å². The number of likely N-dealkylation sites (N-methyl/N-ethyl adjacent to an activating group) is 1. The molecule has 5 aromatic rings. The molecule has 7 nitrogen and oxygen atoms in total. The molecule has 1 aliphatic rings. The van der Waals surface area contributed by atoms with E-state index in [0.29, 0.717) is 19.5 Å². The van der Waals surface area contributed by atoms with Gasteiger partial charge in [0.25, 0.3) is 0 Å². The second-order valence-corrected chi connectivity index (χ2v) is 11.8. The summed E-state index contributed by atoms with van der Waals surface area (Å²) in [7, 11) is 2.16. The molecule has 1 saturated heterocycles. The smallest absolute Gasteiger partial charge is 0.315 e. The van der Waals surface area contributed by atoms with Gasteiger partial charge in [-0.2, -0.15) is 0 Å². The molecule has 2 amide bonds. The van der Waals surface area contributed by atoms with Gasteiger partial charge in [0.2, 0.25) is 0 Å². The van der Waals surface area contributed by atoms with Crippen molar-refractivity contribution in [3.05, 3.63) is 131 Å². The van der Waals surface area contributed by atoms with Crippen molar-refractivity contribution in [1.29, 1.82) is 0 Å². The summed E-state index contributed by atoms with van der Waals surface area (Å²) in [5, 5.41) is 20.2. The lowest BCUT2D eigenvalue weighted by molar-refractivity contribution is -0.252. The molecule has 7 heteroatoms. The minimum Gasteiger partial charge on any atom is -0.392 e. The Kier molecular flexibility index (Phi) is 9.72. The lowest BCUT2D eigenvalue weighted by Gasteiger charge is -2.38. The molecule has 3 unspecified atom stereocenters. The van der Waals surface area contributed by atoms with Crippen LogP contribution in [0.15, 0.2) is 103 Å². The van der Waals surface area contributed by atoms with Crippen molar-refractivity contribution < 1.29 is 19.4 Å². The molecule has 3 N–H and O–H groups in total. The Labute approximate surface area is 264 Å². The first-order valence-electron chi connectivity index (χ1n) is 15.7. The average Bonchev–Trinajstić information content (AvgIpc) is 3.07. The van der Waals surface area contributed by atoms with Crippen molar-refractivity contribution in [3.63, 3.8) is 0 Å². The molecule has 1 fully saturated rings. The van der Waals surface area contributed by atoms with Crippen molar-refractivity contribution in [2.75, 3.05) is 20.1 Å². The maximum absolute atomic E-state index is 11.8. The Hall–Kier alpha value is -4.27. The summed E-state index contributed by atoms with van der Waals surface area (Å²) in [6, 6.07) is 35.3. The van der Waals surface area contributed by atoms with Crippen LogP contribution in [-0.2, 0) is 29.2 Å². The lowest BCUT2D eigenvalue weighted by atomic mass is 9.96. The van der Waals surface area contributed by atoms with E-state index in [-0.39, 0.29) is 24.8 Å². The Morgan fingerprint density at radius 3 is 2.09 bits per heavy atom. The van der Waals surface area contributed by atoms with E-state index in [1.54, 1.807) is 0 Å². The van der Waals surface area contributed by atoms with Gasteiger partial charge in [0.15, 0.2) is 6.29 Å². The van der Waals surface area contributed by atoms with E-state index in [9.17, 15) is 9.90 Å². The number of hydrogen-bond acceptors (Lipinski definition) is 5. The molecule has 0 spiro atoms. The normalized spacial score (nSPS) is 18.4. The third-order valence-corrected chi connectivity index (χ3v) is 8.48. The fourth-order valence-electron chi connectivity index (χ4n) is 6.19. The first-order valence-corrected chi connectivity index (χ1v) is 15.7. The van der Waals surface area contributed by atoms with Crippen LogP contribution in [0.25, 0.3) is 21.5 Å². The summed E-state index contributed by atoms with van der Waals surface area (Å²) in [6.07, 6.45) is -0.0585. The Bertz CT molecular complexity index is 1680. The molecule has 1 aliphatic heterocycles. The standard InChI is InChI=1S/C38H41N3O4/c1-3-39-38(43)40-22-26-12-18-29(19-13-26)37-44-32(21-36(45-37)28-16-14-27(25-42)15-17-28)23-41(2)24-35-33-10-6-4-8-30(33)20-31-9-5-7-11-34(31)35/h4-20,32,36-37,42H,3,21-25H2,1-2H3,(H2,39,40,43). The number of nitrogens with one attached hydrogen (secondary N) is 2. The van der Waals surface area contributed by atoms with E-state index in [1.807, 2.05) is 55.5 Å². The highest BCUT2D eigenvalue weighted by atomic mass is 16.7. The predicted molar refractivity (Wildman–Crippen MR) is 179 cm³/mol. The van der Waals surface area contributed by atoms with E-state index < -0.39 is 6.29 Å². The molecule has 0 aromatic heterocycles. The summed E-state index contributed by atoms with van der Waals surface area (Å²) in [4.78, 5) is 14.2. The molecule has 3 atom stereocenters. The summed E-state index contributed by atoms with van der Waals surface area (Å²) < 4.78 is 13.2. The van der Waals surface area contributed by atoms with Crippen LogP contribution in [0, 0.1) is 0 Å². The van der Waals surface area contributed by atoms with Gasteiger partial charge in [-0.25, -0.2) is 4.79 Å². The largest absolute Gasteiger partial charge is 0.392 e. The van der Waals surface area contributed by atoms with Crippen LogP contribution >= 0.6 is 0 Å². The number of fused-ring (bicyclic) bond motifs is 2. The minimum absolute atomic E-state index is 0.00905. The van der Waals surface area contributed by atoms with Gasteiger partial charge >= 0.3 is 6.03 Å². The molecular weight excluding hydrogens is 562 g/mol. The molecule has 5 aromatic carbocycles. The Morgan fingerprint density at radius 1 is 0.822 bits per heavy atom. The first kappa shape index (κ1) is 30.7. The van der Waals surface area contributed by atoms with Crippen molar-refractivity contribution >= 4 is 27.6 Å². The van der Waals surface area contributed by atoms with Gasteiger partial charge in [-0.05, 0) is 63.8 Å². The molecule has 45 heavy (non-hydrogen) atoms. The highest BCUT2D eigenvalue weighted by Gasteiger charge is 2.33. The van der Waals surface area contributed by atoms with Gasteiger partial charge in [-0.1, -0.05) is 97.1 Å². The maximum atomic E-state index is 11.8. The monoisotopic (exact) mass is 603 g/mol. The van der Waals surface area contributed by atoms with E-state index in [1.165, 1.54) is 27.1 Å². The van der Waals surface area contributed by atoms with Crippen LogP contribution in [0.5, 0.6) is 0 Å². The van der Waals surface area contributed by atoms with Gasteiger partial charge in [0.1, 0.15) is 0 Å². The highest BCUT2D eigenvalue weighted by molar-refractivity contribution is 6.02. The lowest BCUT2D eigenvalue weighted by Crippen LogP contribution is -2.37. The van der Waals surface area contributed by atoms with Crippen LogP contribution in [0.2, 0.25) is 0 Å². The first-order chi connectivity index (χ1) is 22.0. The third-order valence-electron chi connectivity index (χ3n) is 8.48. The predicted octanol–water partition coefficient (Wildman–Crippen LogP) is 6.98. The van der Waals surface area contributed by atoms with Gasteiger partial charge in [-0.3, -0.25) is 4.90 Å². The number of carbonyl (C=O) groups excluding carboxylic acids is 1. The number of rotatable bonds is 10. The van der Waals surface area contributed by atoms with E-state index in [2.05, 4.69) is 77.2 Å². The van der Waals surface area contributed by atoms with E-state index in [4.69, 9.17) is 9.47 Å². The number of hydrogen-bond donors (Lipinski definition) is 3.